The molecule has 9 aliphatic heterocycles. The number of ether oxygens (including phenoxy) is 15. The van der Waals surface area contributed by atoms with Gasteiger partial charge < -0.3 is 71.1 Å². The fraction of sp³-hybridized carbons (Fsp3) is 0.650. The van der Waals surface area contributed by atoms with E-state index in [2.05, 4.69) is 82.3 Å². The molecule has 0 spiro atoms. The van der Waals surface area contributed by atoms with Gasteiger partial charge in [0.2, 0.25) is 0 Å². The molecule has 4 aromatic carbocycles. The number of hydrogen-bond donors (Lipinski definition) is 0. The lowest BCUT2D eigenvalue weighted by Gasteiger charge is -2.56. The zero-order valence-corrected chi connectivity index (χ0v) is 59.6. The molecule has 18 heteroatoms. The van der Waals surface area contributed by atoms with Crippen LogP contribution in [0.2, 0.25) is 0 Å². The minimum atomic E-state index is -3.97. The lowest BCUT2D eigenvalue weighted by atomic mass is 9.77. The van der Waals surface area contributed by atoms with Crippen LogP contribution in [0.5, 0.6) is 11.5 Å². The van der Waals surface area contributed by atoms with E-state index in [1.165, 1.54) is 0 Å². The van der Waals surface area contributed by atoms with Crippen molar-refractivity contribution in [2.75, 3.05) is 33.2 Å². The molecule has 0 radical (unpaired) electrons. The number of methoxy groups -OCH3 is 2. The second-order valence-corrected chi connectivity index (χ2v) is 32.4. The number of benzene rings is 4. The van der Waals surface area contributed by atoms with Crippen LogP contribution in [0.1, 0.15) is 160 Å². The summed E-state index contributed by atoms with van der Waals surface area (Å²) in [4.78, 5) is -1.71. The summed E-state index contributed by atoms with van der Waals surface area (Å²) in [5.74, 6) is 1.77. The van der Waals surface area contributed by atoms with Gasteiger partial charge in [-0.2, -0.15) is 0 Å². The van der Waals surface area contributed by atoms with Gasteiger partial charge in [-0.3, -0.25) is 0 Å². The smallest absolute Gasteiger partial charge is 0.198 e. The summed E-state index contributed by atoms with van der Waals surface area (Å²) in [6, 6.07) is 36.6. The molecular formula is C80H108O17S. The summed E-state index contributed by atoms with van der Waals surface area (Å²) >= 11 is 0. The summed E-state index contributed by atoms with van der Waals surface area (Å²) < 4.78 is 134. The van der Waals surface area contributed by atoms with E-state index in [9.17, 15) is 0 Å². The van der Waals surface area contributed by atoms with E-state index in [0.29, 0.717) is 104 Å². The Balaban J connectivity index is 0.696. The Kier molecular flexibility index (Phi) is 23.7. The standard InChI is InChI=1S/C80H108O17S/c1-8-98(81,82)80-39-18-29-73-79(5,48-72-67(92-73)45-71-77(94-72)70(88-51-56-22-13-10-14-23-56)44-61(89-71)24-19-40-85-49-55-20-11-9-12-21-55)97-74(80)28-17-27-62-64(96-80)25-15-16-26-65-76(93-62)54(3)43-69-68(90-65)46-75-78(4,95-69)47-53(2)42-66(87-52-58-32-36-60(84-7)37-33-58)63(91-75)38-41-86-50-57-30-34-59(83-6)35-31-57/h9-17,20-23,28,30-37,53-54,61-77H,8,18-19,24-27,29,38-52H2,1-7H3/b16-15-,28-17-/t53-,54+,61-,62+,63-,64-,65+,66+,67+,68-,69+,70+,71-,72-,73-,74-,75+,76-,77+,78-,79+,80-/m1/s1. The zero-order chi connectivity index (χ0) is 67.9. The van der Waals surface area contributed by atoms with Crippen molar-refractivity contribution in [3.8, 4) is 11.5 Å². The average molecular weight is 1370 g/mol. The molecule has 0 unspecified atom stereocenters. The highest BCUT2D eigenvalue weighted by molar-refractivity contribution is 7.92. The summed E-state index contributed by atoms with van der Waals surface area (Å²) in [6.45, 7) is 13.7. The van der Waals surface area contributed by atoms with Crippen LogP contribution < -0.4 is 9.47 Å². The Morgan fingerprint density at radius 2 is 1.13 bits per heavy atom. The molecule has 0 N–H and O–H groups in total. The van der Waals surface area contributed by atoms with E-state index in [-0.39, 0.29) is 109 Å². The van der Waals surface area contributed by atoms with Crippen LogP contribution in [0, 0.1) is 11.8 Å². The van der Waals surface area contributed by atoms with Crippen molar-refractivity contribution in [3.63, 3.8) is 0 Å². The first-order valence-corrected chi connectivity index (χ1v) is 38.5. The van der Waals surface area contributed by atoms with Gasteiger partial charge in [-0.25, -0.2) is 8.42 Å². The van der Waals surface area contributed by atoms with Gasteiger partial charge in [0.25, 0.3) is 0 Å². The lowest BCUT2D eigenvalue weighted by Crippen LogP contribution is -2.67. The van der Waals surface area contributed by atoms with Gasteiger partial charge in [0, 0.05) is 38.9 Å². The molecule has 0 amide bonds. The maximum Gasteiger partial charge on any atom is 0.198 e. The second kappa shape index (κ2) is 32.4. The second-order valence-electron chi connectivity index (χ2n) is 29.9. The van der Waals surface area contributed by atoms with Crippen molar-refractivity contribution in [2.45, 2.75) is 284 Å². The molecule has 9 aliphatic rings. The van der Waals surface area contributed by atoms with Crippen molar-refractivity contribution in [3.05, 3.63) is 156 Å². The first-order chi connectivity index (χ1) is 47.6. The monoisotopic (exact) mass is 1370 g/mol. The minimum absolute atomic E-state index is 0.0211. The van der Waals surface area contributed by atoms with Crippen molar-refractivity contribution in [1.29, 1.82) is 0 Å². The van der Waals surface area contributed by atoms with E-state index in [0.717, 1.165) is 65.9 Å². The van der Waals surface area contributed by atoms with Gasteiger partial charge in [-0.1, -0.05) is 130 Å². The summed E-state index contributed by atoms with van der Waals surface area (Å²) in [5.41, 5.74) is 2.87. The molecule has 0 aliphatic carbocycles. The Bertz CT molecular complexity index is 3320. The van der Waals surface area contributed by atoms with Crippen molar-refractivity contribution in [2.24, 2.45) is 11.8 Å². The van der Waals surface area contributed by atoms with Crippen LogP contribution >= 0.6 is 0 Å². The number of sulfone groups is 1. The molecule has 7 fully saturated rings. The SMILES string of the molecule is CCS(=O)(=O)[C@]12CCC[C@H]3O[C@H]4C[C@H]5O[C@H](CCCOCc6ccccc6)C[C@H](OCc6ccccc6)[C@@H]5O[C@@H]4C[C@]3(C)O[C@@H]1/C=C\C[C@@H]1O[C@H]3[C@H](C/C=C\C[C@H]1O2)O[C@@H]1C[C@@H]2O[C@H](CCOCc4ccc(OC)cc4)[C@@H](OCc4ccc(OC)cc4)C[C@@H](C)C[C@@]2(C)O[C@H]1C[C@@H]3C. The van der Waals surface area contributed by atoms with E-state index in [1.807, 2.05) is 78.9 Å². The first-order valence-electron chi connectivity index (χ1n) is 36.8. The molecular weight excluding hydrogens is 1260 g/mol. The number of rotatable bonds is 21. The van der Waals surface area contributed by atoms with E-state index < -0.39 is 44.3 Å². The molecule has 22 atom stereocenters. The quantitative estimate of drug-likeness (QED) is 0.0569. The highest BCUT2D eigenvalue weighted by Crippen LogP contribution is 2.51. The summed E-state index contributed by atoms with van der Waals surface area (Å²) in [6.07, 6.45) is 12.8. The van der Waals surface area contributed by atoms with Crippen molar-refractivity contribution in [1.82, 2.24) is 0 Å². The van der Waals surface area contributed by atoms with Crippen molar-refractivity contribution >= 4 is 9.84 Å². The predicted molar refractivity (Wildman–Crippen MR) is 371 cm³/mol. The number of fused-ring (bicyclic) bond motifs is 8. The maximum absolute atomic E-state index is 15.3. The molecule has 536 valence electrons. The first kappa shape index (κ1) is 71.8. The van der Waals surface area contributed by atoms with Gasteiger partial charge in [0.05, 0.1) is 149 Å². The highest BCUT2D eigenvalue weighted by atomic mass is 32.2. The number of hydrogen-bond acceptors (Lipinski definition) is 17. The largest absolute Gasteiger partial charge is 0.497 e. The molecule has 4 aromatic rings. The summed E-state index contributed by atoms with van der Waals surface area (Å²) in [5, 5.41) is 0. The van der Waals surface area contributed by atoms with E-state index in [4.69, 9.17) is 71.1 Å². The van der Waals surface area contributed by atoms with E-state index in [1.54, 1.807) is 21.1 Å². The lowest BCUT2D eigenvalue weighted by molar-refractivity contribution is -0.321. The third-order valence-corrected chi connectivity index (χ3v) is 25.0. The molecule has 0 aromatic heterocycles. The van der Waals surface area contributed by atoms with Gasteiger partial charge in [0.15, 0.2) is 14.8 Å². The molecule has 17 nitrogen and oxygen atoms in total. The Morgan fingerprint density at radius 1 is 0.510 bits per heavy atom. The molecule has 7 saturated heterocycles. The van der Waals surface area contributed by atoms with Gasteiger partial charge in [-0.05, 0) is 149 Å². The molecule has 0 saturated carbocycles. The normalized spacial score (nSPS) is 38.7. The van der Waals surface area contributed by atoms with Crippen LogP contribution in [0.4, 0.5) is 0 Å². The fourth-order valence-electron chi connectivity index (χ4n) is 17.4. The maximum atomic E-state index is 15.3. The van der Waals surface area contributed by atoms with Gasteiger partial charge >= 0.3 is 0 Å². The third kappa shape index (κ3) is 16.7. The molecule has 13 rings (SSSR count). The fourth-order valence-corrected chi connectivity index (χ4v) is 19.1. The van der Waals surface area contributed by atoms with Gasteiger partial charge in [-0.15, -0.1) is 0 Å². The Labute approximate surface area is 582 Å². The highest BCUT2D eigenvalue weighted by Gasteiger charge is 2.61. The minimum Gasteiger partial charge on any atom is -0.497 e. The predicted octanol–water partition coefficient (Wildman–Crippen LogP) is 13.7. The van der Waals surface area contributed by atoms with E-state index >= 15 is 8.42 Å². The van der Waals surface area contributed by atoms with Crippen LogP contribution in [0.15, 0.2) is 133 Å². The molecule has 98 heavy (non-hydrogen) atoms. The summed E-state index contributed by atoms with van der Waals surface area (Å²) in [7, 11) is -0.613. The van der Waals surface area contributed by atoms with Crippen LogP contribution in [0.3, 0.4) is 0 Å². The Hall–Kier alpha value is -4.61. The van der Waals surface area contributed by atoms with Crippen LogP contribution in [0.25, 0.3) is 0 Å². The van der Waals surface area contributed by atoms with Crippen molar-refractivity contribution < 1.29 is 79.5 Å². The Morgan fingerprint density at radius 3 is 1.84 bits per heavy atom. The van der Waals surface area contributed by atoms with Gasteiger partial charge in [0.1, 0.15) is 23.7 Å². The zero-order valence-electron chi connectivity index (χ0n) is 58.8. The molecule has 0 bridgehead atoms. The third-order valence-electron chi connectivity index (χ3n) is 22.7. The average Bonchev–Trinajstić information content (AvgIpc) is 0.781. The molecule has 9 heterocycles. The van der Waals surface area contributed by atoms with Crippen LogP contribution in [-0.2, 0) is 97.8 Å². The van der Waals surface area contributed by atoms with Crippen LogP contribution in [-0.4, -0.2) is 162 Å². The topological polar surface area (TPSA) is 173 Å².